The highest BCUT2D eigenvalue weighted by Gasteiger charge is 2.24. The van der Waals surface area contributed by atoms with Crippen LogP contribution in [0, 0.1) is 0 Å². The molecule has 1 unspecified atom stereocenters. The number of pyridine rings is 1. The van der Waals surface area contributed by atoms with Crippen LogP contribution in [-0.4, -0.2) is 34.9 Å². The second kappa shape index (κ2) is 10.9. The largest absolute Gasteiger partial charge is 0.334 e. The molecule has 1 aromatic carbocycles. The summed E-state index contributed by atoms with van der Waals surface area (Å²) < 4.78 is 0. The summed E-state index contributed by atoms with van der Waals surface area (Å²) in [7, 11) is 0. The Morgan fingerprint density at radius 2 is 1.88 bits per heavy atom. The van der Waals surface area contributed by atoms with Gasteiger partial charge in [0, 0.05) is 18.7 Å². The SMILES string of the molecule is Cl.O=C(CCc1ccccc1)N(Cc1ccccn1)C1CCCNCC1. The maximum Gasteiger partial charge on any atom is 0.223 e. The summed E-state index contributed by atoms with van der Waals surface area (Å²) in [5.41, 5.74) is 2.18. The molecule has 26 heavy (non-hydrogen) atoms. The van der Waals surface area contributed by atoms with Crippen LogP contribution >= 0.6 is 12.4 Å². The van der Waals surface area contributed by atoms with Crippen LogP contribution in [0.2, 0.25) is 0 Å². The Morgan fingerprint density at radius 3 is 2.65 bits per heavy atom. The Kier molecular flexibility index (Phi) is 8.59. The predicted molar refractivity (Wildman–Crippen MR) is 107 cm³/mol. The monoisotopic (exact) mass is 373 g/mol. The second-order valence-corrected chi connectivity index (χ2v) is 6.66. The molecule has 2 heterocycles. The first-order chi connectivity index (χ1) is 12.3. The summed E-state index contributed by atoms with van der Waals surface area (Å²) in [6, 6.07) is 16.5. The van der Waals surface area contributed by atoms with Gasteiger partial charge in [0.2, 0.25) is 5.91 Å². The van der Waals surface area contributed by atoms with Gasteiger partial charge >= 0.3 is 0 Å². The first-order valence-corrected chi connectivity index (χ1v) is 9.27. The summed E-state index contributed by atoms with van der Waals surface area (Å²) in [5, 5.41) is 3.44. The van der Waals surface area contributed by atoms with Crippen LogP contribution in [0.5, 0.6) is 0 Å². The molecular formula is C21H28ClN3O. The summed E-state index contributed by atoms with van der Waals surface area (Å²) in [6.07, 6.45) is 6.36. The summed E-state index contributed by atoms with van der Waals surface area (Å²) in [4.78, 5) is 19.5. The van der Waals surface area contributed by atoms with Crippen molar-refractivity contribution in [1.82, 2.24) is 15.2 Å². The lowest BCUT2D eigenvalue weighted by Crippen LogP contribution is -2.40. The van der Waals surface area contributed by atoms with Crippen LogP contribution in [-0.2, 0) is 17.8 Å². The van der Waals surface area contributed by atoms with Crippen LogP contribution in [0.3, 0.4) is 0 Å². The van der Waals surface area contributed by atoms with E-state index in [9.17, 15) is 4.79 Å². The highest BCUT2D eigenvalue weighted by Crippen LogP contribution is 2.18. The molecule has 3 rings (SSSR count). The van der Waals surface area contributed by atoms with E-state index in [0.29, 0.717) is 19.0 Å². The standard InChI is InChI=1S/C21H27N3O.ClH/c25-21(12-11-18-7-2-1-3-8-18)24(17-19-9-4-5-15-23-19)20-10-6-14-22-16-13-20;/h1-5,7-9,15,20,22H,6,10-14,16-17H2;1H. The van der Waals surface area contributed by atoms with Gasteiger partial charge in [-0.05, 0) is 56.5 Å². The van der Waals surface area contributed by atoms with Crippen molar-refractivity contribution in [2.75, 3.05) is 13.1 Å². The minimum absolute atomic E-state index is 0. The molecule has 1 aliphatic heterocycles. The lowest BCUT2D eigenvalue weighted by Gasteiger charge is -2.31. The average molecular weight is 374 g/mol. The van der Waals surface area contributed by atoms with Crippen molar-refractivity contribution in [1.29, 1.82) is 0 Å². The molecule has 1 aromatic heterocycles. The molecule has 1 atom stereocenters. The number of aromatic nitrogens is 1. The number of nitrogens with zero attached hydrogens (tertiary/aromatic N) is 2. The number of halogens is 1. The van der Waals surface area contributed by atoms with Gasteiger partial charge in [0.15, 0.2) is 0 Å². The number of hydrogen-bond donors (Lipinski definition) is 1. The molecular weight excluding hydrogens is 346 g/mol. The van der Waals surface area contributed by atoms with Crippen LogP contribution in [0.1, 0.15) is 36.9 Å². The Labute approximate surface area is 162 Å². The van der Waals surface area contributed by atoms with Gasteiger partial charge in [-0.25, -0.2) is 0 Å². The molecule has 0 spiro atoms. The van der Waals surface area contributed by atoms with Gasteiger partial charge in [-0.3, -0.25) is 9.78 Å². The van der Waals surface area contributed by atoms with Gasteiger partial charge in [-0.1, -0.05) is 36.4 Å². The quantitative estimate of drug-likeness (QED) is 0.841. The fraction of sp³-hybridized carbons (Fsp3) is 0.429. The molecule has 140 valence electrons. The van der Waals surface area contributed by atoms with Gasteiger partial charge in [0.25, 0.3) is 0 Å². The van der Waals surface area contributed by atoms with E-state index in [1.54, 1.807) is 6.20 Å². The van der Waals surface area contributed by atoms with E-state index in [-0.39, 0.29) is 18.3 Å². The molecule has 0 bridgehead atoms. The van der Waals surface area contributed by atoms with Crippen molar-refractivity contribution in [2.45, 2.75) is 44.7 Å². The molecule has 1 fully saturated rings. The molecule has 1 N–H and O–H groups in total. The van der Waals surface area contributed by atoms with Gasteiger partial charge in [-0.15, -0.1) is 12.4 Å². The third-order valence-corrected chi connectivity index (χ3v) is 4.84. The molecule has 0 aliphatic carbocycles. The number of amides is 1. The minimum atomic E-state index is 0. The zero-order valence-corrected chi connectivity index (χ0v) is 16.0. The van der Waals surface area contributed by atoms with E-state index in [4.69, 9.17) is 0 Å². The maximum absolute atomic E-state index is 13.0. The van der Waals surface area contributed by atoms with E-state index in [1.807, 2.05) is 36.4 Å². The molecule has 0 radical (unpaired) electrons. The van der Waals surface area contributed by atoms with E-state index >= 15 is 0 Å². The van der Waals surface area contributed by atoms with Crippen molar-refractivity contribution in [3.05, 3.63) is 66.0 Å². The molecule has 5 heteroatoms. The topological polar surface area (TPSA) is 45.2 Å². The van der Waals surface area contributed by atoms with Gasteiger partial charge in [0.05, 0.1) is 12.2 Å². The Bertz CT molecular complexity index is 643. The van der Waals surface area contributed by atoms with E-state index in [0.717, 1.165) is 44.5 Å². The number of carbonyl (C=O) groups is 1. The summed E-state index contributed by atoms with van der Waals surface area (Å²) in [6.45, 7) is 2.64. The van der Waals surface area contributed by atoms with Crippen molar-refractivity contribution in [3.63, 3.8) is 0 Å². The van der Waals surface area contributed by atoms with Crippen LogP contribution in [0.15, 0.2) is 54.7 Å². The highest BCUT2D eigenvalue weighted by atomic mass is 35.5. The smallest absolute Gasteiger partial charge is 0.223 e. The number of rotatable bonds is 6. The van der Waals surface area contributed by atoms with Crippen molar-refractivity contribution < 1.29 is 4.79 Å². The first kappa shape index (κ1) is 20.4. The number of carbonyl (C=O) groups excluding carboxylic acids is 1. The van der Waals surface area contributed by atoms with Gasteiger partial charge in [0.1, 0.15) is 0 Å². The molecule has 2 aromatic rings. The Balaban J connectivity index is 0.00000243. The summed E-state index contributed by atoms with van der Waals surface area (Å²) in [5.74, 6) is 0.237. The van der Waals surface area contributed by atoms with E-state index in [1.165, 1.54) is 5.56 Å². The molecule has 0 saturated carbocycles. The molecule has 1 amide bonds. The average Bonchev–Trinajstić information content (AvgIpc) is 2.95. The fourth-order valence-electron chi connectivity index (χ4n) is 3.44. The van der Waals surface area contributed by atoms with E-state index in [2.05, 4.69) is 27.3 Å². The normalized spacial score (nSPS) is 17.0. The van der Waals surface area contributed by atoms with Crippen molar-refractivity contribution in [3.8, 4) is 0 Å². The Hall–Kier alpha value is -1.91. The van der Waals surface area contributed by atoms with Gasteiger partial charge < -0.3 is 10.2 Å². The van der Waals surface area contributed by atoms with Crippen molar-refractivity contribution in [2.24, 2.45) is 0 Å². The van der Waals surface area contributed by atoms with E-state index < -0.39 is 0 Å². The second-order valence-electron chi connectivity index (χ2n) is 6.66. The number of benzene rings is 1. The third kappa shape index (κ3) is 6.11. The minimum Gasteiger partial charge on any atom is -0.334 e. The third-order valence-electron chi connectivity index (χ3n) is 4.84. The van der Waals surface area contributed by atoms with Crippen molar-refractivity contribution >= 4 is 18.3 Å². The molecule has 4 nitrogen and oxygen atoms in total. The lowest BCUT2D eigenvalue weighted by atomic mass is 10.0. The van der Waals surface area contributed by atoms with Gasteiger partial charge in [-0.2, -0.15) is 0 Å². The zero-order valence-electron chi connectivity index (χ0n) is 15.1. The predicted octanol–water partition coefficient (Wildman–Crippen LogP) is 3.61. The Morgan fingerprint density at radius 1 is 1.08 bits per heavy atom. The first-order valence-electron chi connectivity index (χ1n) is 9.27. The zero-order chi connectivity index (χ0) is 17.3. The lowest BCUT2D eigenvalue weighted by molar-refractivity contribution is -0.134. The van der Waals surface area contributed by atoms with Crippen LogP contribution in [0.25, 0.3) is 0 Å². The summed E-state index contributed by atoms with van der Waals surface area (Å²) >= 11 is 0. The maximum atomic E-state index is 13.0. The molecule has 1 saturated heterocycles. The van der Waals surface area contributed by atoms with Crippen LogP contribution < -0.4 is 5.32 Å². The van der Waals surface area contributed by atoms with Crippen LogP contribution in [0.4, 0.5) is 0 Å². The number of aryl methyl sites for hydroxylation is 1. The number of hydrogen-bond acceptors (Lipinski definition) is 3. The molecule has 1 aliphatic rings. The highest BCUT2D eigenvalue weighted by molar-refractivity contribution is 5.85. The fourth-order valence-corrected chi connectivity index (χ4v) is 3.44. The number of nitrogens with one attached hydrogen (secondary N) is 1.